The molecule has 2 N–H and O–H groups in total. The molecule has 0 bridgehead atoms. The third-order valence-electron chi connectivity index (χ3n) is 4.92. The van der Waals surface area contributed by atoms with Gasteiger partial charge < -0.3 is 15.0 Å². The second-order valence-corrected chi connectivity index (χ2v) is 9.82. The van der Waals surface area contributed by atoms with Gasteiger partial charge in [0.1, 0.15) is 23.0 Å². The number of hydrogen-bond donors (Lipinski definition) is 2. The highest BCUT2D eigenvalue weighted by molar-refractivity contribution is 7.16. The minimum absolute atomic E-state index is 0.108. The zero-order chi connectivity index (χ0) is 24.4. The molecule has 0 aliphatic heterocycles. The highest BCUT2D eigenvalue weighted by atomic mass is 35.5. The van der Waals surface area contributed by atoms with E-state index in [2.05, 4.69) is 25.4 Å². The van der Waals surface area contributed by atoms with Gasteiger partial charge in [0.05, 0.1) is 40.4 Å². The van der Waals surface area contributed by atoms with Gasteiger partial charge in [-0.1, -0.05) is 11.6 Å². The molecule has 0 aliphatic carbocycles. The number of pyridine rings is 1. The molecule has 0 saturated carbocycles. The Kier molecular flexibility index (Phi) is 6.40. The van der Waals surface area contributed by atoms with Crippen LogP contribution in [0.3, 0.4) is 0 Å². The number of aromatic nitrogens is 6. The van der Waals surface area contributed by atoms with Crippen molar-refractivity contribution in [3.05, 3.63) is 90.9 Å². The lowest BCUT2D eigenvalue weighted by molar-refractivity contribution is 0.0943. The average Bonchev–Trinajstić information content (AvgIpc) is 3.61. The van der Waals surface area contributed by atoms with Gasteiger partial charge in [0, 0.05) is 34.9 Å². The third kappa shape index (κ3) is 4.99. The molecule has 0 saturated heterocycles. The lowest BCUT2D eigenvalue weighted by Crippen LogP contribution is -2.22. The molecular weight excluding hydrogens is 510 g/mol. The number of nitrogens with one attached hydrogen (secondary N) is 1. The molecule has 5 rings (SSSR count). The van der Waals surface area contributed by atoms with Gasteiger partial charge in [-0.25, -0.2) is 4.98 Å². The van der Waals surface area contributed by atoms with E-state index in [4.69, 9.17) is 11.6 Å². The van der Waals surface area contributed by atoms with Crippen molar-refractivity contribution in [2.45, 2.75) is 13.1 Å². The Morgan fingerprint density at radius 2 is 2.09 bits per heavy atom. The summed E-state index contributed by atoms with van der Waals surface area (Å²) in [7, 11) is 0. The Morgan fingerprint density at radius 3 is 2.80 bits per heavy atom. The number of thiophene rings is 1. The van der Waals surface area contributed by atoms with Crippen molar-refractivity contribution >= 4 is 46.0 Å². The minimum Gasteiger partial charge on any atom is -0.506 e. The first-order chi connectivity index (χ1) is 17.0. The van der Waals surface area contributed by atoms with E-state index in [-0.39, 0.29) is 29.2 Å². The van der Waals surface area contributed by atoms with Crippen LogP contribution in [0.15, 0.2) is 64.7 Å². The average molecular weight is 526 g/mol. The number of aromatic hydroxyl groups is 1. The number of thiazole rings is 1. The molecule has 0 aliphatic rings. The number of carbonyl (C=O) groups is 1. The molecule has 0 fully saturated rings. The molecule has 5 heterocycles. The highest BCUT2D eigenvalue weighted by Gasteiger charge is 2.21. The smallest absolute Gasteiger partial charge is 0.299 e. The Morgan fingerprint density at radius 1 is 1.20 bits per heavy atom. The predicted octanol–water partition coefficient (Wildman–Crippen LogP) is 3.73. The number of nitrogens with zero attached hydrogens (tertiary/aromatic N) is 6. The van der Waals surface area contributed by atoms with Crippen LogP contribution >= 0.6 is 34.3 Å². The summed E-state index contributed by atoms with van der Waals surface area (Å²) in [5.74, 6) is -0.221. The van der Waals surface area contributed by atoms with Crippen LogP contribution < -0.4 is 10.9 Å². The van der Waals surface area contributed by atoms with Gasteiger partial charge >= 0.3 is 0 Å². The molecule has 5 aromatic rings. The molecule has 35 heavy (non-hydrogen) atoms. The number of halogens is 1. The van der Waals surface area contributed by atoms with Crippen LogP contribution in [0.2, 0.25) is 4.34 Å². The van der Waals surface area contributed by atoms with Crippen molar-refractivity contribution in [1.82, 2.24) is 29.3 Å². The lowest BCUT2D eigenvalue weighted by atomic mass is 10.2. The number of rotatable bonds is 7. The second kappa shape index (κ2) is 9.78. The SMILES string of the molecule is O=C(c1cscn1)n1nc(-c2cc(O)cn(Cc3cnccn3)c2=O)cc1NCc1ccc(Cl)s1. The molecule has 0 amide bonds. The topological polar surface area (TPSA) is 128 Å². The van der Waals surface area contributed by atoms with E-state index in [1.54, 1.807) is 23.0 Å². The van der Waals surface area contributed by atoms with Crippen molar-refractivity contribution in [3.63, 3.8) is 0 Å². The van der Waals surface area contributed by atoms with Gasteiger partial charge in [-0.05, 0) is 18.2 Å². The number of hydrogen-bond acceptors (Lipinski definition) is 10. The lowest BCUT2D eigenvalue weighted by Gasteiger charge is -2.07. The van der Waals surface area contributed by atoms with Crippen LogP contribution in [-0.4, -0.2) is 40.3 Å². The van der Waals surface area contributed by atoms with Gasteiger partial charge in [0.25, 0.3) is 11.5 Å². The van der Waals surface area contributed by atoms with E-state index >= 15 is 0 Å². The summed E-state index contributed by atoms with van der Waals surface area (Å²) in [5, 5.41) is 19.5. The molecule has 5 aromatic heterocycles. The molecular formula is C22H16ClN7O3S2. The Labute approximate surface area is 211 Å². The van der Waals surface area contributed by atoms with Crippen molar-refractivity contribution < 1.29 is 9.90 Å². The molecule has 0 unspecified atom stereocenters. The van der Waals surface area contributed by atoms with Crippen LogP contribution in [0.4, 0.5) is 5.82 Å². The van der Waals surface area contributed by atoms with E-state index in [0.717, 1.165) is 9.56 Å². The van der Waals surface area contributed by atoms with E-state index in [0.29, 0.717) is 22.4 Å². The standard InChI is InChI=1S/C22H16ClN7O3S2/c23-19-2-1-15(35-19)8-26-20-6-17(28-30(20)22(33)18-11-34-12-27-18)16-5-14(31)10-29(21(16)32)9-13-7-24-3-4-25-13/h1-7,10-12,26,31H,8-9H2. The molecule has 0 spiro atoms. The van der Waals surface area contributed by atoms with Gasteiger partial charge in [-0.3, -0.25) is 19.6 Å². The molecule has 176 valence electrons. The third-order valence-corrected chi connectivity index (χ3v) is 6.74. The Balaban J connectivity index is 1.54. The fraction of sp³-hybridized carbons (Fsp3) is 0.0909. The van der Waals surface area contributed by atoms with Gasteiger partial charge in [-0.15, -0.1) is 22.7 Å². The molecule has 13 heteroatoms. The highest BCUT2D eigenvalue weighted by Crippen LogP contribution is 2.26. The molecule has 0 aromatic carbocycles. The fourth-order valence-electron chi connectivity index (χ4n) is 3.35. The first-order valence-electron chi connectivity index (χ1n) is 10.2. The monoisotopic (exact) mass is 525 g/mol. The summed E-state index contributed by atoms with van der Waals surface area (Å²) in [6.07, 6.45) is 5.91. The van der Waals surface area contributed by atoms with Gasteiger partial charge in [0.2, 0.25) is 0 Å². The number of anilines is 1. The van der Waals surface area contributed by atoms with Gasteiger partial charge in [0.15, 0.2) is 0 Å². The summed E-state index contributed by atoms with van der Waals surface area (Å²) >= 11 is 8.72. The molecule has 10 nitrogen and oxygen atoms in total. The quantitative estimate of drug-likeness (QED) is 0.329. The van der Waals surface area contributed by atoms with Crippen LogP contribution in [0, 0.1) is 0 Å². The summed E-state index contributed by atoms with van der Waals surface area (Å²) in [4.78, 5) is 39.6. The van der Waals surface area contributed by atoms with Crippen molar-refractivity contribution in [1.29, 1.82) is 0 Å². The van der Waals surface area contributed by atoms with Crippen LogP contribution in [-0.2, 0) is 13.1 Å². The maximum absolute atomic E-state index is 13.3. The Bertz CT molecular complexity index is 1550. The Hall–Kier alpha value is -3.87. The molecule has 0 radical (unpaired) electrons. The minimum atomic E-state index is -0.454. The van der Waals surface area contributed by atoms with Crippen molar-refractivity contribution in [3.8, 4) is 17.0 Å². The summed E-state index contributed by atoms with van der Waals surface area (Å²) in [5.41, 5.74) is 2.26. The fourth-order valence-corrected chi connectivity index (χ4v) is 4.90. The van der Waals surface area contributed by atoms with Crippen molar-refractivity contribution in [2.75, 3.05) is 5.32 Å². The van der Waals surface area contributed by atoms with Crippen molar-refractivity contribution in [2.24, 2.45) is 0 Å². The zero-order valence-corrected chi connectivity index (χ0v) is 20.2. The first-order valence-corrected chi connectivity index (χ1v) is 12.3. The zero-order valence-electron chi connectivity index (χ0n) is 17.8. The summed E-state index contributed by atoms with van der Waals surface area (Å²) in [6.45, 7) is 0.501. The largest absolute Gasteiger partial charge is 0.506 e. The normalized spacial score (nSPS) is 11.0. The maximum atomic E-state index is 13.3. The van der Waals surface area contributed by atoms with E-state index < -0.39 is 11.5 Å². The van der Waals surface area contributed by atoms with Gasteiger partial charge in [-0.2, -0.15) is 9.78 Å². The van der Waals surface area contributed by atoms with E-state index in [1.165, 1.54) is 58.1 Å². The van der Waals surface area contributed by atoms with Crippen LogP contribution in [0.25, 0.3) is 11.3 Å². The van der Waals surface area contributed by atoms with Crippen LogP contribution in [0.1, 0.15) is 21.1 Å². The maximum Gasteiger partial charge on any atom is 0.299 e. The first kappa shape index (κ1) is 22.9. The van der Waals surface area contributed by atoms with Crippen LogP contribution in [0.5, 0.6) is 5.75 Å². The number of carbonyl (C=O) groups excluding carboxylic acids is 1. The predicted molar refractivity (Wildman–Crippen MR) is 133 cm³/mol. The van der Waals surface area contributed by atoms with E-state index in [1.807, 2.05) is 6.07 Å². The summed E-state index contributed by atoms with van der Waals surface area (Å²) in [6, 6.07) is 6.57. The second-order valence-electron chi connectivity index (χ2n) is 7.31. The van der Waals surface area contributed by atoms with E-state index in [9.17, 15) is 14.7 Å². The summed E-state index contributed by atoms with van der Waals surface area (Å²) < 4.78 is 3.13. The molecule has 0 atom stereocenters.